The second-order valence-electron chi connectivity index (χ2n) is 7.91. The fourth-order valence-electron chi connectivity index (χ4n) is 3.40. The maximum absolute atomic E-state index is 13.8. The Morgan fingerprint density at radius 3 is 2.50 bits per heavy atom. The highest BCUT2D eigenvalue weighted by molar-refractivity contribution is 6.31. The molecule has 6 nitrogen and oxygen atoms in total. The predicted octanol–water partition coefficient (Wildman–Crippen LogP) is 6.89. The molecule has 0 atom stereocenters. The second kappa shape index (κ2) is 9.94. The average Bonchev–Trinajstić information content (AvgIpc) is 2.81. The smallest absolute Gasteiger partial charge is 0.453 e. The van der Waals surface area contributed by atoms with Crippen LogP contribution < -0.4 is 20.2 Å². The zero-order valence-electron chi connectivity index (χ0n) is 19.0. The van der Waals surface area contributed by atoms with Gasteiger partial charge in [0.25, 0.3) is 11.7 Å². The lowest BCUT2D eigenvalue weighted by atomic mass is 10.2. The van der Waals surface area contributed by atoms with Crippen molar-refractivity contribution in [2.24, 2.45) is 0 Å². The van der Waals surface area contributed by atoms with E-state index in [1.165, 1.54) is 24.3 Å². The molecule has 0 bridgehead atoms. The first-order chi connectivity index (χ1) is 17.0. The summed E-state index contributed by atoms with van der Waals surface area (Å²) in [6.07, 6.45) is -5.00. The highest BCUT2D eigenvalue weighted by atomic mass is 35.5. The number of ether oxygens (including phenoxy) is 2. The number of nitrogens with one attached hydrogen (secondary N) is 1. The van der Waals surface area contributed by atoms with Gasteiger partial charge in [-0.25, -0.2) is 0 Å². The van der Waals surface area contributed by atoms with Crippen LogP contribution in [0, 0.1) is 13.8 Å². The van der Waals surface area contributed by atoms with Crippen molar-refractivity contribution in [1.82, 2.24) is 0 Å². The molecular formula is C26H19ClF3NO5. The van der Waals surface area contributed by atoms with Crippen LogP contribution in [0.3, 0.4) is 0 Å². The van der Waals surface area contributed by atoms with Crippen molar-refractivity contribution in [3.8, 4) is 17.2 Å². The Bertz CT molecular complexity index is 1510. The van der Waals surface area contributed by atoms with Gasteiger partial charge in [0.1, 0.15) is 17.1 Å². The average molecular weight is 518 g/mol. The number of halogens is 4. The van der Waals surface area contributed by atoms with Crippen molar-refractivity contribution >= 4 is 34.2 Å². The van der Waals surface area contributed by atoms with E-state index in [1.54, 1.807) is 44.2 Å². The third-order valence-corrected chi connectivity index (χ3v) is 5.61. The van der Waals surface area contributed by atoms with Crippen molar-refractivity contribution in [2.45, 2.75) is 20.0 Å². The third-order valence-electron chi connectivity index (χ3n) is 5.20. The molecular weight excluding hydrogens is 499 g/mol. The van der Waals surface area contributed by atoms with E-state index in [1.807, 2.05) is 0 Å². The van der Waals surface area contributed by atoms with Crippen LogP contribution in [0.25, 0.3) is 11.0 Å². The fraction of sp³-hybridized carbons (Fsp3) is 0.154. The van der Waals surface area contributed by atoms with Crippen LogP contribution in [0.5, 0.6) is 17.2 Å². The van der Waals surface area contributed by atoms with Gasteiger partial charge < -0.3 is 19.2 Å². The highest BCUT2D eigenvalue weighted by Gasteiger charge is 2.40. The predicted molar refractivity (Wildman–Crippen MR) is 129 cm³/mol. The number of alkyl halides is 3. The van der Waals surface area contributed by atoms with Gasteiger partial charge in [-0.05, 0) is 61.4 Å². The van der Waals surface area contributed by atoms with E-state index in [2.05, 4.69) is 5.32 Å². The molecule has 0 saturated heterocycles. The summed E-state index contributed by atoms with van der Waals surface area (Å²) in [6.45, 7) is 3.03. The van der Waals surface area contributed by atoms with Crippen molar-refractivity contribution in [1.29, 1.82) is 0 Å². The molecule has 186 valence electrons. The number of fused-ring (bicyclic) bond motifs is 1. The van der Waals surface area contributed by atoms with Crippen molar-refractivity contribution in [3.05, 3.63) is 92.8 Å². The SMILES string of the molecule is Cc1cccc(Oc2c(C(F)(F)F)oc3cc(OCC(=O)Nc4cccc(Cl)c4C)ccc3c2=O)c1. The maximum atomic E-state index is 13.8. The molecule has 1 amide bonds. The van der Waals surface area contributed by atoms with Crippen LogP contribution in [0.2, 0.25) is 5.02 Å². The lowest BCUT2D eigenvalue weighted by molar-refractivity contribution is -0.154. The molecule has 0 radical (unpaired) electrons. The van der Waals surface area contributed by atoms with Crippen molar-refractivity contribution in [2.75, 3.05) is 11.9 Å². The lowest BCUT2D eigenvalue weighted by Gasteiger charge is -2.14. The van der Waals surface area contributed by atoms with Crippen LogP contribution in [-0.2, 0) is 11.0 Å². The summed E-state index contributed by atoms with van der Waals surface area (Å²) in [6, 6.07) is 15.0. The summed E-state index contributed by atoms with van der Waals surface area (Å²) in [5, 5.41) is 2.98. The zero-order valence-corrected chi connectivity index (χ0v) is 19.8. The minimum Gasteiger partial charge on any atom is -0.484 e. The molecule has 0 aliphatic heterocycles. The first-order valence-electron chi connectivity index (χ1n) is 10.6. The van der Waals surface area contributed by atoms with Crippen LogP contribution in [0.1, 0.15) is 16.9 Å². The monoisotopic (exact) mass is 517 g/mol. The van der Waals surface area contributed by atoms with Gasteiger partial charge in [-0.15, -0.1) is 0 Å². The molecule has 0 spiro atoms. The molecule has 10 heteroatoms. The van der Waals surface area contributed by atoms with Crippen molar-refractivity contribution < 1.29 is 31.9 Å². The molecule has 0 unspecified atom stereocenters. The van der Waals surface area contributed by atoms with E-state index >= 15 is 0 Å². The topological polar surface area (TPSA) is 77.8 Å². The Kier molecular flexibility index (Phi) is 6.94. The van der Waals surface area contributed by atoms with E-state index in [9.17, 15) is 22.8 Å². The third kappa shape index (κ3) is 5.46. The Labute approximate surface area is 208 Å². The number of carbonyl (C=O) groups excluding carboxylic acids is 1. The fourth-order valence-corrected chi connectivity index (χ4v) is 3.57. The molecule has 1 heterocycles. The summed E-state index contributed by atoms with van der Waals surface area (Å²) in [7, 11) is 0. The number of benzene rings is 3. The lowest BCUT2D eigenvalue weighted by Crippen LogP contribution is -2.20. The summed E-state index contributed by atoms with van der Waals surface area (Å²) in [5.41, 5.74) is 0.542. The largest absolute Gasteiger partial charge is 0.484 e. The van der Waals surface area contributed by atoms with Crippen LogP contribution in [-0.4, -0.2) is 12.5 Å². The number of rotatable bonds is 6. The molecule has 4 aromatic rings. The van der Waals surface area contributed by atoms with Crippen LogP contribution in [0.4, 0.5) is 18.9 Å². The van der Waals surface area contributed by atoms with Crippen molar-refractivity contribution in [3.63, 3.8) is 0 Å². The van der Waals surface area contributed by atoms with Gasteiger partial charge in [0.2, 0.25) is 11.2 Å². The van der Waals surface area contributed by atoms with E-state index in [0.717, 1.165) is 11.6 Å². The molecule has 1 N–H and O–H groups in total. The number of hydrogen-bond acceptors (Lipinski definition) is 5. The van der Waals surface area contributed by atoms with Gasteiger partial charge in [0.15, 0.2) is 6.61 Å². The normalized spacial score (nSPS) is 11.4. The Hall–Kier alpha value is -3.98. The standard InChI is InChI=1S/C26H19ClF3NO5/c1-14-5-3-6-17(11-14)35-24-23(33)18-10-9-16(12-21(18)36-25(24)26(28,29)30)34-13-22(32)31-20-8-4-7-19(27)15(20)2/h3-12H,13H2,1-2H3,(H,31,32). The Morgan fingerprint density at radius 1 is 1.03 bits per heavy atom. The van der Waals surface area contributed by atoms with Gasteiger partial charge in [0.05, 0.1) is 5.39 Å². The first kappa shape index (κ1) is 25.1. The quantitative estimate of drug-likeness (QED) is 0.301. The molecule has 0 saturated carbocycles. The summed E-state index contributed by atoms with van der Waals surface area (Å²) in [5.74, 6) is -2.96. The second-order valence-corrected chi connectivity index (χ2v) is 8.32. The number of carbonyl (C=O) groups is 1. The van der Waals surface area contributed by atoms with Crippen LogP contribution in [0.15, 0.2) is 69.9 Å². The van der Waals surface area contributed by atoms with Gasteiger partial charge in [-0.3, -0.25) is 9.59 Å². The minimum absolute atomic E-state index is 0.0316. The molecule has 36 heavy (non-hydrogen) atoms. The number of amides is 1. The first-order valence-corrected chi connectivity index (χ1v) is 11.0. The maximum Gasteiger partial charge on any atom is 0.453 e. The van der Waals surface area contributed by atoms with E-state index in [0.29, 0.717) is 16.3 Å². The highest BCUT2D eigenvalue weighted by Crippen LogP contribution is 2.38. The summed E-state index contributed by atoms with van der Waals surface area (Å²) < 4.78 is 57.1. The van der Waals surface area contributed by atoms with E-state index in [-0.39, 0.29) is 22.5 Å². The van der Waals surface area contributed by atoms with E-state index in [4.69, 9.17) is 25.5 Å². The van der Waals surface area contributed by atoms with Crippen LogP contribution >= 0.6 is 11.6 Å². The van der Waals surface area contributed by atoms with Gasteiger partial charge in [0, 0.05) is 16.8 Å². The molecule has 0 fully saturated rings. The number of anilines is 1. The van der Waals surface area contributed by atoms with Gasteiger partial charge in [-0.1, -0.05) is 29.8 Å². The minimum atomic E-state index is -5.00. The molecule has 3 aromatic carbocycles. The Balaban J connectivity index is 1.61. The molecule has 4 rings (SSSR count). The summed E-state index contributed by atoms with van der Waals surface area (Å²) in [4.78, 5) is 25.2. The summed E-state index contributed by atoms with van der Waals surface area (Å²) >= 11 is 6.04. The number of aryl methyl sites for hydroxylation is 1. The zero-order chi connectivity index (χ0) is 26.0. The molecule has 0 aliphatic rings. The number of hydrogen-bond donors (Lipinski definition) is 1. The molecule has 0 aliphatic carbocycles. The molecule has 1 aromatic heterocycles. The van der Waals surface area contributed by atoms with E-state index < -0.39 is 35.6 Å². The van der Waals surface area contributed by atoms with Gasteiger partial charge in [-0.2, -0.15) is 13.2 Å². The Morgan fingerprint density at radius 2 is 1.78 bits per heavy atom. The van der Waals surface area contributed by atoms with Gasteiger partial charge >= 0.3 is 6.18 Å².